The van der Waals surface area contributed by atoms with Gasteiger partial charge in [0.1, 0.15) is 12.1 Å². The van der Waals surface area contributed by atoms with Crippen LogP contribution in [-0.4, -0.2) is 33.6 Å². The first-order valence-corrected chi connectivity index (χ1v) is 8.33. The quantitative estimate of drug-likeness (QED) is 0.702. The average molecular weight is 352 g/mol. The Morgan fingerprint density at radius 2 is 1.88 bits per heavy atom. The molecule has 0 saturated heterocycles. The van der Waals surface area contributed by atoms with Gasteiger partial charge in [-0.1, -0.05) is 12.1 Å². The second-order valence-electron chi connectivity index (χ2n) is 5.16. The Bertz CT molecular complexity index is 899. The summed E-state index contributed by atoms with van der Waals surface area (Å²) in [5.74, 6) is 0.161. The van der Waals surface area contributed by atoms with Crippen molar-refractivity contribution >= 4 is 33.9 Å². The maximum atomic E-state index is 12.2. The van der Waals surface area contributed by atoms with Crippen molar-refractivity contribution in [2.24, 2.45) is 4.99 Å². The molecule has 0 aliphatic carbocycles. The topological polar surface area (TPSA) is 106 Å². The minimum atomic E-state index is -0.213. The SMILES string of the molecule is CN=C(c1ccc(C(=O)Nc2nccs2)cc1)c1c(C)ncnc1N. The van der Waals surface area contributed by atoms with Gasteiger partial charge in [0.25, 0.3) is 5.91 Å². The van der Waals surface area contributed by atoms with E-state index in [9.17, 15) is 4.79 Å². The fourth-order valence-corrected chi connectivity index (χ4v) is 2.93. The molecular formula is C17H16N6OS. The zero-order chi connectivity index (χ0) is 17.8. The number of nitrogens with zero attached hydrogens (tertiary/aromatic N) is 4. The highest BCUT2D eigenvalue weighted by atomic mass is 32.1. The number of anilines is 2. The second kappa shape index (κ2) is 7.18. The van der Waals surface area contributed by atoms with Crippen molar-refractivity contribution in [1.82, 2.24) is 15.0 Å². The zero-order valence-corrected chi connectivity index (χ0v) is 14.5. The van der Waals surface area contributed by atoms with E-state index in [1.54, 1.807) is 30.8 Å². The molecule has 126 valence electrons. The normalized spacial score (nSPS) is 11.4. The molecule has 1 aromatic carbocycles. The summed E-state index contributed by atoms with van der Waals surface area (Å²) in [6.07, 6.45) is 3.07. The van der Waals surface area contributed by atoms with E-state index in [1.807, 2.05) is 19.1 Å². The van der Waals surface area contributed by atoms with Crippen LogP contribution >= 0.6 is 11.3 Å². The highest BCUT2D eigenvalue weighted by Crippen LogP contribution is 2.19. The van der Waals surface area contributed by atoms with Gasteiger partial charge in [-0.05, 0) is 19.1 Å². The van der Waals surface area contributed by atoms with E-state index in [1.165, 1.54) is 17.7 Å². The number of hydrogen-bond donors (Lipinski definition) is 2. The lowest BCUT2D eigenvalue weighted by atomic mass is 10.00. The van der Waals surface area contributed by atoms with Crippen LogP contribution in [0.5, 0.6) is 0 Å². The monoisotopic (exact) mass is 352 g/mol. The lowest BCUT2D eigenvalue weighted by molar-refractivity contribution is 0.102. The largest absolute Gasteiger partial charge is 0.383 e. The molecule has 0 radical (unpaired) electrons. The number of carbonyl (C=O) groups excluding carboxylic acids is 1. The van der Waals surface area contributed by atoms with Crippen LogP contribution in [-0.2, 0) is 0 Å². The van der Waals surface area contributed by atoms with Gasteiger partial charge in [-0.3, -0.25) is 15.1 Å². The van der Waals surface area contributed by atoms with Crippen LogP contribution in [0.25, 0.3) is 0 Å². The summed E-state index contributed by atoms with van der Waals surface area (Å²) in [5, 5.41) is 5.12. The molecule has 2 heterocycles. The molecule has 0 spiro atoms. The second-order valence-corrected chi connectivity index (χ2v) is 6.05. The number of amides is 1. The third-order valence-corrected chi connectivity index (χ3v) is 4.29. The first-order valence-electron chi connectivity index (χ1n) is 7.45. The molecule has 0 atom stereocenters. The molecule has 3 N–H and O–H groups in total. The Kier molecular flexibility index (Phi) is 4.80. The number of aromatic nitrogens is 3. The Balaban J connectivity index is 1.87. The third-order valence-electron chi connectivity index (χ3n) is 3.60. The molecule has 8 heteroatoms. The number of benzene rings is 1. The molecule has 0 unspecified atom stereocenters. The Hall–Kier alpha value is -3.13. The number of nitrogens with two attached hydrogens (primary N) is 1. The molecular weight excluding hydrogens is 336 g/mol. The highest BCUT2D eigenvalue weighted by Gasteiger charge is 2.15. The molecule has 0 fully saturated rings. The minimum absolute atomic E-state index is 0.213. The van der Waals surface area contributed by atoms with E-state index in [0.717, 1.165) is 11.3 Å². The van der Waals surface area contributed by atoms with Crippen LogP contribution in [0, 0.1) is 6.92 Å². The molecule has 3 rings (SSSR count). The number of carbonyl (C=O) groups is 1. The van der Waals surface area contributed by atoms with Crippen LogP contribution in [0.1, 0.15) is 27.2 Å². The van der Waals surface area contributed by atoms with Crippen molar-refractivity contribution in [1.29, 1.82) is 0 Å². The molecule has 1 amide bonds. The van der Waals surface area contributed by atoms with E-state index in [0.29, 0.717) is 27.8 Å². The predicted octanol–water partition coefficient (Wildman–Crippen LogP) is 2.54. The number of nitrogen functional groups attached to an aromatic ring is 1. The Labute approximate surface area is 148 Å². The molecule has 3 aromatic rings. The summed E-state index contributed by atoms with van der Waals surface area (Å²) >= 11 is 1.37. The molecule has 2 aromatic heterocycles. The van der Waals surface area contributed by atoms with E-state index in [4.69, 9.17) is 5.73 Å². The van der Waals surface area contributed by atoms with Gasteiger partial charge in [-0.2, -0.15) is 0 Å². The van der Waals surface area contributed by atoms with Crippen LogP contribution in [0.4, 0.5) is 10.9 Å². The van der Waals surface area contributed by atoms with Crippen molar-refractivity contribution in [3.63, 3.8) is 0 Å². The standard InChI is InChI=1S/C17H16N6OS/c1-10-13(15(18)22-9-21-10)14(19-2)11-3-5-12(6-4-11)16(24)23-17-20-7-8-25-17/h3-9H,1-2H3,(H2,18,21,22)(H,20,23,24). The van der Waals surface area contributed by atoms with Crippen molar-refractivity contribution in [3.8, 4) is 0 Å². The van der Waals surface area contributed by atoms with E-state index in [-0.39, 0.29) is 5.91 Å². The smallest absolute Gasteiger partial charge is 0.257 e. The molecule has 0 aliphatic heterocycles. The first-order chi connectivity index (χ1) is 12.1. The molecule has 0 bridgehead atoms. The number of aryl methyl sites for hydroxylation is 1. The van der Waals surface area contributed by atoms with Crippen LogP contribution in [0.2, 0.25) is 0 Å². The van der Waals surface area contributed by atoms with Gasteiger partial charge in [0.05, 0.1) is 17.0 Å². The van der Waals surface area contributed by atoms with Crippen molar-refractivity contribution < 1.29 is 4.79 Å². The van der Waals surface area contributed by atoms with Gasteiger partial charge in [0.15, 0.2) is 5.13 Å². The number of rotatable bonds is 4. The number of aliphatic imine (C=N–C) groups is 1. The zero-order valence-electron chi connectivity index (χ0n) is 13.7. The third kappa shape index (κ3) is 3.53. The number of nitrogens with one attached hydrogen (secondary N) is 1. The maximum Gasteiger partial charge on any atom is 0.257 e. The van der Waals surface area contributed by atoms with E-state index >= 15 is 0 Å². The van der Waals surface area contributed by atoms with Gasteiger partial charge in [-0.15, -0.1) is 11.3 Å². The predicted molar refractivity (Wildman–Crippen MR) is 99.3 cm³/mol. The Morgan fingerprint density at radius 1 is 1.16 bits per heavy atom. The summed E-state index contributed by atoms with van der Waals surface area (Å²) < 4.78 is 0. The fraction of sp³-hybridized carbons (Fsp3) is 0.118. The maximum absolute atomic E-state index is 12.2. The van der Waals surface area contributed by atoms with Gasteiger partial charge >= 0.3 is 0 Å². The van der Waals surface area contributed by atoms with Crippen molar-refractivity contribution in [2.45, 2.75) is 6.92 Å². The lowest BCUT2D eigenvalue weighted by Gasteiger charge is -2.11. The van der Waals surface area contributed by atoms with E-state index in [2.05, 4.69) is 25.3 Å². The lowest BCUT2D eigenvalue weighted by Crippen LogP contribution is -2.14. The summed E-state index contributed by atoms with van der Waals surface area (Å²) in [4.78, 5) is 28.8. The van der Waals surface area contributed by atoms with Gasteiger partial charge < -0.3 is 5.73 Å². The van der Waals surface area contributed by atoms with E-state index < -0.39 is 0 Å². The van der Waals surface area contributed by atoms with Crippen LogP contribution in [0.3, 0.4) is 0 Å². The van der Waals surface area contributed by atoms with Crippen LogP contribution in [0.15, 0.2) is 47.2 Å². The van der Waals surface area contributed by atoms with Gasteiger partial charge in [0.2, 0.25) is 0 Å². The summed E-state index contributed by atoms with van der Waals surface area (Å²) in [6, 6.07) is 7.12. The number of thiazole rings is 1. The first kappa shape index (κ1) is 16.7. The minimum Gasteiger partial charge on any atom is -0.383 e. The Morgan fingerprint density at radius 3 is 2.48 bits per heavy atom. The fourth-order valence-electron chi connectivity index (χ4n) is 2.40. The average Bonchev–Trinajstić information content (AvgIpc) is 3.11. The van der Waals surface area contributed by atoms with Crippen LogP contribution < -0.4 is 11.1 Å². The molecule has 25 heavy (non-hydrogen) atoms. The molecule has 0 aliphatic rings. The summed E-state index contributed by atoms with van der Waals surface area (Å²) in [5.41, 5.74) is 9.48. The summed E-state index contributed by atoms with van der Waals surface area (Å²) in [7, 11) is 1.68. The van der Waals surface area contributed by atoms with Gasteiger partial charge in [-0.25, -0.2) is 15.0 Å². The highest BCUT2D eigenvalue weighted by molar-refractivity contribution is 7.13. The molecule has 0 saturated carbocycles. The summed E-state index contributed by atoms with van der Waals surface area (Å²) in [6.45, 7) is 1.86. The van der Waals surface area contributed by atoms with Crippen molar-refractivity contribution in [2.75, 3.05) is 18.1 Å². The molecule has 7 nitrogen and oxygen atoms in total. The van der Waals surface area contributed by atoms with Gasteiger partial charge in [0, 0.05) is 29.8 Å². The van der Waals surface area contributed by atoms with Crippen molar-refractivity contribution in [3.05, 3.63) is 64.6 Å². The number of hydrogen-bond acceptors (Lipinski definition) is 7.